The Morgan fingerprint density at radius 3 is 2.71 bits per heavy atom. The lowest BCUT2D eigenvalue weighted by atomic mass is 10.1. The van der Waals surface area contributed by atoms with Gasteiger partial charge < -0.3 is 19.8 Å². The zero-order chi connectivity index (χ0) is 15.1. The van der Waals surface area contributed by atoms with E-state index in [1.807, 2.05) is 12.5 Å². The Hall–Kier alpha value is -0.950. The molecule has 0 saturated heterocycles. The molecule has 6 nitrogen and oxygen atoms in total. The van der Waals surface area contributed by atoms with Gasteiger partial charge in [-0.15, -0.1) is 0 Å². The molecule has 0 aromatic carbocycles. The van der Waals surface area contributed by atoms with Crippen LogP contribution in [0.25, 0.3) is 0 Å². The second kappa shape index (κ2) is 8.48. The number of imidazole rings is 1. The van der Waals surface area contributed by atoms with E-state index >= 15 is 0 Å². The number of methoxy groups -OCH3 is 2. The highest BCUT2D eigenvalue weighted by molar-refractivity contribution is 5.10. The maximum Gasteiger partial charge on any atom is 0.0951 e. The van der Waals surface area contributed by atoms with Crippen LogP contribution in [0.1, 0.15) is 37.0 Å². The smallest absolute Gasteiger partial charge is 0.0951 e. The Labute approximate surface area is 127 Å². The van der Waals surface area contributed by atoms with Crippen LogP contribution in [0, 0.1) is 0 Å². The van der Waals surface area contributed by atoms with Crippen molar-refractivity contribution in [2.75, 3.05) is 47.1 Å². The van der Waals surface area contributed by atoms with Crippen LogP contribution in [0.3, 0.4) is 0 Å². The van der Waals surface area contributed by atoms with E-state index in [2.05, 4.69) is 14.5 Å². The van der Waals surface area contributed by atoms with Crippen LogP contribution in [-0.2, 0) is 9.47 Å². The molecule has 1 aliphatic rings. The third-order valence-corrected chi connectivity index (χ3v) is 4.02. The molecule has 1 unspecified atom stereocenters. The minimum Gasteiger partial charge on any atom is -0.385 e. The van der Waals surface area contributed by atoms with Crippen molar-refractivity contribution in [3.8, 4) is 0 Å². The van der Waals surface area contributed by atoms with Gasteiger partial charge in [-0.1, -0.05) is 0 Å². The molecule has 0 aliphatic heterocycles. The van der Waals surface area contributed by atoms with Crippen LogP contribution in [0.4, 0.5) is 0 Å². The Morgan fingerprint density at radius 2 is 2.10 bits per heavy atom. The number of hydrogen-bond acceptors (Lipinski definition) is 5. The molecular weight excluding hydrogens is 268 g/mol. The Kier molecular flexibility index (Phi) is 6.63. The Morgan fingerprint density at radius 1 is 1.33 bits per heavy atom. The summed E-state index contributed by atoms with van der Waals surface area (Å²) < 4.78 is 12.7. The fourth-order valence-electron chi connectivity index (χ4n) is 2.73. The van der Waals surface area contributed by atoms with E-state index in [4.69, 9.17) is 15.2 Å². The molecule has 0 radical (unpaired) electrons. The molecule has 21 heavy (non-hydrogen) atoms. The standard InChI is InChI=1S/C15H28N4O2/c1-20-8-3-6-18(7-9-21-2)14(10-16)15-11-17-12-19(15)13-4-5-13/h11-14H,3-10,16H2,1-2H3. The van der Waals surface area contributed by atoms with Crippen LogP contribution >= 0.6 is 0 Å². The average Bonchev–Trinajstić information content (AvgIpc) is 3.24. The minimum absolute atomic E-state index is 0.195. The molecule has 1 saturated carbocycles. The summed E-state index contributed by atoms with van der Waals surface area (Å²) in [5, 5.41) is 0. The predicted molar refractivity (Wildman–Crippen MR) is 82.2 cm³/mol. The maximum absolute atomic E-state index is 6.08. The maximum atomic E-state index is 6.08. The van der Waals surface area contributed by atoms with Crippen molar-refractivity contribution in [3.05, 3.63) is 18.2 Å². The lowest BCUT2D eigenvalue weighted by Crippen LogP contribution is -2.38. The molecule has 120 valence electrons. The molecule has 0 bridgehead atoms. The summed E-state index contributed by atoms with van der Waals surface area (Å²) in [6.07, 6.45) is 7.41. The molecule has 2 N–H and O–H groups in total. The zero-order valence-corrected chi connectivity index (χ0v) is 13.2. The highest BCUT2D eigenvalue weighted by atomic mass is 16.5. The van der Waals surface area contributed by atoms with E-state index < -0.39 is 0 Å². The predicted octanol–water partition coefficient (Wildman–Crippen LogP) is 1.20. The van der Waals surface area contributed by atoms with Crippen LogP contribution in [0.2, 0.25) is 0 Å². The van der Waals surface area contributed by atoms with E-state index in [0.29, 0.717) is 19.2 Å². The van der Waals surface area contributed by atoms with Crippen molar-refractivity contribution < 1.29 is 9.47 Å². The van der Waals surface area contributed by atoms with Gasteiger partial charge in [-0.2, -0.15) is 0 Å². The van der Waals surface area contributed by atoms with Gasteiger partial charge in [-0.25, -0.2) is 4.98 Å². The van der Waals surface area contributed by atoms with Gasteiger partial charge in [0, 0.05) is 52.7 Å². The lowest BCUT2D eigenvalue weighted by Gasteiger charge is -2.31. The molecule has 2 rings (SSSR count). The number of aromatic nitrogens is 2. The molecule has 1 aromatic rings. The van der Waals surface area contributed by atoms with Gasteiger partial charge in [0.1, 0.15) is 0 Å². The first-order valence-electron chi connectivity index (χ1n) is 7.75. The summed E-state index contributed by atoms with van der Waals surface area (Å²) in [4.78, 5) is 6.72. The van der Waals surface area contributed by atoms with Gasteiger partial charge in [0.25, 0.3) is 0 Å². The molecule has 1 heterocycles. The van der Waals surface area contributed by atoms with E-state index in [0.717, 1.165) is 26.1 Å². The first kappa shape index (κ1) is 16.4. The second-order valence-electron chi connectivity index (χ2n) is 5.58. The number of ether oxygens (including phenoxy) is 2. The highest BCUT2D eigenvalue weighted by Crippen LogP contribution is 2.37. The summed E-state index contributed by atoms with van der Waals surface area (Å²) in [5.41, 5.74) is 7.31. The van der Waals surface area contributed by atoms with Crippen molar-refractivity contribution in [1.29, 1.82) is 0 Å². The SMILES string of the molecule is COCCCN(CCOC)C(CN)c1cncn1C1CC1. The van der Waals surface area contributed by atoms with Gasteiger partial charge >= 0.3 is 0 Å². The van der Waals surface area contributed by atoms with Crippen molar-refractivity contribution in [2.45, 2.75) is 31.3 Å². The monoisotopic (exact) mass is 296 g/mol. The van der Waals surface area contributed by atoms with E-state index in [1.165, 1.54) is 18.5 Å². The molecule has 1 aliphatic carbocycles. The lowest BCUT2D eigenvalue weighted by molar-refractivity contribution is 0.105. The van der Waals surface area contributed by atoms with Crippen LogP contribution in [-0.4, -0.2) is 61.5 Å². The summed E-state index contributed by atoms with van der Waals surface area (Å²) in [5.74, 6) is 0. The van der Waals surface area contributed by atoms with E-state index in [9.17, 15) is 0 Å². The zero-order valence-electron chi connectivity index (χ0n) is 13.2. The van der Waals surface area contributed by atoms with Gasteiger partial charge in [-0.05, 0) is 19.3 Å². The van der Waals surface area contributed by atoms with Gasteiger partial charge in [-0.3, -0.25) is 4.90 Å². The van der Waals surface area contributed by atoms with Crippen molar-refractivity contribution >= 4 is 0 Å². The molecular formula is C15H28N4O2. The highest BCUT2D eigenvalue weighted by Gasteiger charge is 2.29. The van der Waals surface area contributed by atoms with Crippen molar-refractivity contribution in [3.63, 3.8) is 0 Å². The third kappa shape index (κ3) is 4.51. The van der Waals surface area contributed by atoms with Crippen LogP contribution < -0.4 is 5.73 Å². The fourth-order valence-corrected chi connectivity index (χ4v) is 2.73. The largest absolute Gasteiger partial charge is 0.385 e. The molecule has 1 aromatic heterocycles. The Balaban J connectivity index is 2.06. The number of nitrogens with zero attached hydrogens (tertiary/aromatic N) is 3. The number of nitrogens with two attached hydrogens (primary N) is 1. The van der Waals surface area contributed by atoms with Crippen LogP contribution in [0.5, 0.6) is 0 Å². The van der Waals surface area contributed by atoms with Crippen molar-refractivity contribution in [1.82, 2.24) is 14.5 Å². The summed E-state index contributed by atoms with van der Waals surface area (Å²) in [6.45, 7) is 3.89. The van der Waals surface area contributed by atoms with Gasteiger partial charge in [0.15, 0.2) is 0 Å². The van der Waals surface area contributed by atoms with Gasteiger partial charge in [0.2, 0.25) is 0 Å². The number of hydrogen-bond donors (Lipinski definition) is 1. The molecule has 1 atom stereocenters. The average molecular weight is 296 g/mol. The normalized spacial score (nSPS) is 16.6. The van der Waals surface area contributed by atoms with E-state index in [1.54, 1.807) is 14.2 Å². The fraction of sp³-hybridized carbons (Fsp3) is 0.800. The van der Waals surface area contributed by atoms with Crippen molar-refractivity contribution in [2.24, 2.45) is 5.73 Å². The van der Waals surface area contributed by atoms with Gasteiger partial charge in [0.05, 0.1) is 24.7 Å². The molecule has 0 amide bonds. The molecule has 6 heteroatoms. The molecule has 1 fully saturated rings. The van der Waals surface area contributed by atoms with E-state index in [-0.39, 0.29) is 6.04 Å². The quantitative estimate of drug-likeness (QED) is 0.622. The number of rotatable bonds is 11. The second-order valence-corrected chi connectivity index (χ2v) is 5.58. The topological polar surface area (TPSA) is 65.5 Å². The first-order chi connectivity index (χ1) is 10.3. The summed E-state index contributed by atoms with van der Waals surface area (Å²) in [7, 11) is 3.47. The summed E-state index contributed by atoms with van der Waals surface area (Å²) in [6, 6.07) is 0.819. The Bertz CT molecular complexity index is 406. The first-order valence-corrected chi connectivity index (χ1v) is 7.75. The minimum atomic E-state index is 0.195. The third-order valence-electron chi connectivity index (χ3n) is 4.02. The summed E-state index contributed by atoms with van der Waals surface area (Å²) >= 11 is 0. The molecule has 0 spiro atoms. The van der Waals surface area contributed by atoms with Crippen LogP contribution in [0.15, 0.2) is 12.5 Å².